The van der Waals surface area contributed by atoms with Crippen molar-refractivity contribution in [1.82, 2.24) is 78.6 Å². The highest BCUT2D eigenvalue weighted by molar-refractivity contribution is 7.32. The highest BCUT2D eigenvalue weighted by Gasteiger charge is 2.73. The van der Waals surface area contributed by atoms with Crippen molar-refractivity contribution in [3.05, 3.63) is 43.1 Å². The van der Waals surface area contributed by atoms with Crippen molar-refractivity contribution in [2.75, 3.05) is 29.5 Å². The van der Waals surface area contributed by atoms with E-state index in [-0.39, 0.29) is 97.2 Å². The van der Waals surface area contributed by atoms with Crippen LogP contribution >= 0.6 is 39.6 Å². The minimum atomic E-state index is -3.92. The van der Waals surface area contributed by atoms with Crippen molar-refractivity contribution < 1.29 is 67.3 Å². The molecule has 14 rings (SSSR count). The number of aliphatic hydroxyl groups excluding tert-OH is 4. The van der Waals surface area contributed by atoms with Crippen molar-refractivity contribution in [1.29, 1.82) is 0 Å². The Kier molecular flexibility index (Phi) is 14.1. The molecule has 16 N–H and O–H groups in total. The Morgan fingerprint density at radius 3 is 1.84 bits per heavy atom. The summed E-state index contributed by atoms with van der Waals surface area (Å²) in [6.07, 6.45) is -11.6. The van der Waals surface area contributed by atoms with Crippen LogP contribution < -0.4 is 34.1 Å². The number of nitrogens with one attached hydrogen (secondary N) is 2. The SMILES string of the molecule is Nc1nc2c(nnn2[C@@H]2OC(C3CCC4(CCC5(O[C@@H](n6nnc7c(=O)[nH]c(N)nc76)[C@H](O[PH](=O)O)[C@@H]5O)C4C[C@H]4O[C@@H](c5snc6c(N)ncnc56)C[C@@H]4O)C3C[C@H]3O[C@@H](c4snc5c(N)ncnc45)C[C@@H]3O)[C@@H](O)[C@H]2CO[PH](=O)O)c(=O)[nH]1. The molecule has 6 aliphatic rings. The van der Waals surface area contributed by atoms with Gasteiger partial charge in [-0.2, -0.15) is 28.1 Å². The predicted molar refractivity (Wildman–Crippen MR) is 293 cm³/mol. The van der Waals surface area contributed by atoms with E-state index in [0.717, 1.165) is 32.4 Å². The molecule has 6 fully saturated rings. The Morgan fingerprint density at radius 1 is 0.706 bits per heavy atom. The van der Waals surface area contributed by atoms with Gasteiger partial charge >= 0.3 is 16.5 Å². The van der Waals surface area contributed by atoms with Crippen LogP contribution in [0.15, 0.2) is 22.2 Å². The van der Waals surface area contributed by atoms with Crippen LogP contribution in [0.2, 0.25) is 0 Å². The summed E-state index contributed by atoms with van der Waals surface area (Å²) in [4.78, 5) is 78.2. The first kappa shape index (κ1) is 56.5. The van der Waals surface area contributed by atoms with Crippen LogP contribution in [0.5, 0.6) is 0 Å². The largest absolute Gasteiger partial charge is 0.390 e. The first-order chi connectivity index (χ1) is 40.8. The van der Waals surface area contributed by atoms with Gasteiger partial charge in [-0.05, 0) is 84.8 Å². The van der Waals surface area contributed by atoms with Gasteiger partial charge in [0.15, 0.2) is 46.4 Å². The van der Waals surface area contributed by atoms with Crippen LogP contribution in [0.4, 0.5) is 23.5 Å². The van der Waals surface area contributed by atoms with Crippen LogP contribution in [0.25, 0.3) is 44.4 Å². The first-order valence-corrected chi connectivity index (χ1v) is 30.9. The summed E-state index contributed by atoms with van der Waals surface area (Å²) < 4.78 is 75.2. The van der Waals surface area contributed by atoms with Crippen LogP contribution in [-0.2, 0) is 37.1 Å². The molecule has 2 spiro atoms. The van der Waals surface area contributed by atoms with Gasteiger partial charge in [-0.3, -0.25) is 33.2 Å². The third kappa shape index (κ3) is 9.14. The molecule has 0 amide bonds. The standard InChI is InChI=1S/C45H54N20O16P2S2/c46-34-24-22(50-10-52-34)31(84-60-24)19-6-15(66)17(77-19)5-14-12(29-28(68)13(9-76-82(72)73)40(79-29)64-36-26(58-62-64)38(70)56-42(48)54-36)1-2-44(14)3-4-45(21(44)8-18-16(67)7-20(78-18)32-23-25(61-85-32)35(47)53-11-51-23)33(69)30(81-83(74)75)41(80-45)65-37-27(59-63-65)39(71)57-43(49)55-37/h10-21,28-30,33,40-41,66-69,82-83H,1-9H2,(H,72,73)(H,74,75)(H2,46,50,52)(H2,47,51,53)(H3,48,54,56,70)(H3,49,55,57,71)/t12?,13-,14?,15+,16+,17-,18-,19-,20-,21?,28+,29?,30-,33+,40-,41-,44?,45?/m1/s1. The Labute approximate surface area is 483 Å². The van der Waals surface area contributed by atoms with E-state index in [1.165, 1.54) is 12.7 Å². The number of nitrogens with zero attached hydrogens (tertiary/aromatic N) is 14. The van der Waals surface area contributed by atoms with Crippen LogP contribution in [-0.4, -0.2) is 170 Å². The lowest BCUT2D eigenvalue weighted by atomic mass is 9.61. The van der Waals surface area contributed by atoms with E-state index in [1.807, 2.05) is 0 Å². The first-order valence-electron chi connectivity index (χ1n) is 26.9. The van der Waals surface area contributed by atoms with Crippen molar-refractivity contribution in [3.8, 4) is 0 Å². The molecule has 40 heteroatoms. The van der Waals surface area contributed by atoms with E-state index < -0.39 is 142 Å². The number of hydrogen-bond acceptors (Lipinski definition) is 32. The summed E-state index contributed by atoms with van der Waals surface area (Å²) in [5.41, 5.74) is 20.7. The number of hydrogen-bond donors (Lipinski definition) is 12. The van der Waals surface area contributed by atoms with Crippen molar-refractivity contribution in [2.24, 2.45) is 29.1 Å². The van der Waals surface area contributed by atoms with Gasteiger partial charge in [0.25, 0.3) is 11.1 Å². The van der Waals surface area contributed by atoms with Crippen LogP contribution in [0.1, 0.15) is 85.8 Å². The maximum atomic E-state index is 13.2. The molecule has 8 unspecified atom stereocenters. The lowest BCUT2D eigenvalue weighted by molar-refractivity contribution is -0.161. The number of aliphatic hydroxyl groups is 4. The fourth-order valence-corrected chi connectivity index (χ4v) is 17.3. The number of anilines is 4. The third-order valence-corrected chi connectivity index (χ3v) is 20.9. The summed E-state index contributed by atoms with van der Waals surface area (Å²) >= 11 is 2.18. The lowest BCUT2D eigenvalue weighted by Crippen LogP contribution is -2.53. The van der Waals surface area contributed by atoms with Crippen LogP contribution in [0.3, 0.4) is 0 Å². The zero-order valence-electron chi connectivity index (χ0n) is 43.9. The van der Waals surface area contributed by atoms with E-state index in [2.05, 4.69) is 69.2 Å². The van der Waals surface area contributed by atoms with E-state index in [4.69, 9.17) is 50.9 Å². The highest BCUT2D eigenvalue weighted by atomic mass is 32.1. The molecule has 20 atom stereocenters. The summed E-state index contributed by atoms with van der Waals surface area (Å²) in [6.45, 7) is -0.556. The van der Waals surface area contributed by atoms with Gasteiger partial charge in [-0.1, -0.05) is 10.4 Å². The molecule has 452 valence electrons. The van der Waals surface area contributed by atoms with Gasteiger partial charge < -0.3 is 76.6 Å². The number of ether oxygens (including phenoxy) is 4. The zero-order chi connectivity index (χ0) is 59.1. The number of nitrogens with two attached hydrogens (primary N) is 4. The van der Waals surface area contributed by atoms with Gasteiger partial charge in [0.2, 0.25) is 11.9 Å². The Morgan fingerprint density at radius 2 is 1.27 bits per heavy atom. The van der Waals surface area contributed by atoms with Gasteiger partial charge in [0, 0.05) is 12.8 Å². The fraction of sp³-hybridized carbons (Fsp3) is 0.600. The number of rotatable bonds is 14. The number of aromatic nitrogens is 16. The molecule has 0 aromatic carbocycles. The van der Waals surface area contributed by atoms with Crippen LogP contribution in [0, 0.1) is 29.1 Å². The van der Waals surface area contributed by atoms with Crippen molar-refractivity contribution in [3.63, 3.8) is 0 Å². The van der Waals surface area contributed by atoms with Crippen molar-refractivity contribution in [2.45, 2.75) is 130 Å². The molecule has 85 heavy (non-hydrogen) atoms. The minimum absolute atomic E-state index is 0.00923. The highest BCUT2D eigenvalue weighted by Crippen LogP contribution is 2.70. The summed E-state index contributed by atoms with van der Waals surface area (Å²) in [5.74, 6) is -3.97. The molecular formula is C45H54N20O16P2S2. The van der Waals surface area contributed by atoms with Gasteiger partial charge in [0.1, 0.15) is 52.5 Å². The average molecular weight is 1260 g/mol. The molecule has 4 saturated heterocycles. The lowest BCUT2D eigenvalue weighted by Gasteiger charge is -2.47. The molecular weight excluding hydrogens is 1200 g/mol. The summed E-state index contributed by atoms with van der Waals surface area (Å²) in [5, 5.41) is 66.9. The normalized spacial score (nSPS) is 35.6. The van der Waals surface area contributed by atoms with Gasteiger partial charge in [-0.15, -0.1) is 10.2 Å². The second-order valence-corrected chi connectivity index (χ2v) is 25.5. The van der Waals surface area contributed by atoms with E-state index in [0.29, 0.717) is 31.8 Å². The quantitative estimate of drug-likeness (QED) is 0.0571. The number of H-pyrrole nitrogens is 2. The number of nitrogen functional groups attached to an aromatic ring is 4. The topological polar surface area (TPSA) is 545 Å². The molecule has 2 saturated carbocycles. The Bertz CT molecular complexity index is 4100. The molecule has 4 aliphatic heterocycles. The third-order valence-electron chi connectivity index (χ3n) is 18.2. The number of aromatic amines is 2. The Balaban J connectivity index is 0.902. The fourth-order valence-electron chi connectivity index (χ4n) is 14.7. The zero-order valence-corrected chi connectivity index (χ0v) is 47.5. The maximum Gasteiger partial charge on any atom is 0.317 e. The predicted octanol–water partition coefficient (Wildman–Crippen LogP) is -1.18. The van der Waals surface area contributed by atoms with E-state index in [1.54, 1.807) is 0 Å². The molecule has 8 aromatic heterocycles. The Hall–Kier alpha value is -6.32. The molecule has 2 aliphatic carbocycles. The molecule has 8 aromatic rings. The maximum absolute atomic E-state index is 13.2. The molecule has 0 bridgehead atoms. The minimum Gasteiger partial charge on any atom is -0.390 e. The summed E-state index contributed by atoms with van der Waals surface area (Å²) in [6, 6.07) is 0. The average Bonchev–Trinajstić information content (AvgIpc) is 1.60. The van der Waals surface area contributed by atoms with Crippen molar-refractivity contribution >= 4 is 108 Å². The second kappa shape index (κ2) is 21.2. The monoisotopic (exact) mass is 1260 g/mol. The van der Waals surface area contributed by atoms with E-state index >= 15 is 0 Å². The van der Waals surface area contributed by atoms with Gasteiger partial charge in [0.05, 0.1) is 71.1 Å². The smallest absolute Gasteiger partial charge is 0.317 e. The molecule has 36 nitrogen and oxygen atoms in total. The van der Waals surface area contributed by atoms with Gasteiger partial charge in [-0.25, -0.2) is 19.9 Å². The molecule has 0 radical (unpaired) electrons. The molecule has 12 heterocycles. The van der Waals surface area contributed by atoms with E-state index in [9.17, 15) is 48.9 Å². The summed E-state index contributed by atoms with van der Waals surface area (Å²) in [7, 11) is -7.53. The second-order valence-electron chi connectivity index (χ2n) is 22.3. The number of fused-ring (bicyclic) bond motifs is 4.